The summed E-state index contributed by atoms with van der Waals surface area (Å²) in [4.78, 5) is 0. The van der Waals surface area contributed by atoms with Crippen LogP contribution >= 0.6 is 0 Å². The predicted octanol–water partition coefficient (Wildman–Crippen LogP) is -2.05. The smallest absolute Gasteiger partial charge is 0.117 e. The first-order valence-corrected chi connectivity index (χ1v) is 2.40. The van der Waals surface area contributed by atoms with Crippen LogP contribution in [0.15, 0.2) is 11.4 Å². The molecule has 0 spiro atoms. The van der Waals surface area contributed by atoms with Gasteiger partial charge in [-0.05, 0) is 11.8 Å². The van der Waals surface area contributed by atoms with Crippen LogP contribution in [0.3, 0.4) is 0 Å². The Balaban J connectivity index is 4.56. The fraction of sp³-hybridized carbons (Fsp3) is 0. The van der Waals surface area contributed by atoms with E-state index in [1.165, 1.54) is 0 Å². The Kier molecular flexibility index (Phi) is 3.22. The Morgan fingerprint density at radius 1 is 0.800 bits per heavy atom. The van der Waals surface area contributed by atoms with E-state index in [1.54, 1.807) is 0 Å². The number of hydrogen-bond donors (Lipinski definition) is 4. The molecule has 4 heteroatoms. The molecule has 0 unspecified atom stereocenters. The molecule has 0 saturated carbocycles. The van der Waals surface area contributed by atoms with Crippen LogP contribution in [0.1, 0.15) is 0 Å². The van der Waals surface area contributed by atoms with Gasteiger partial charge in [-0.1, -0.05) is 0 Å². The third kappa shape index (κ3) is 2.39. The van der Waals surface area contributed by atoms with Gasteiger partial charge in [0.1, 0.15) is 11.4 Å². The molecule has 4 nitrogen and oxygen atoms in total. The molecule has 0 aliphatic rings. The summed E-state index contributed by atoms with van der Waals surface area (Å²) < 4.78 is 0. The second-order valence-electron chi connectivity index (χ2n) is 1.37. The molecule has 0 atom stereocenters. The Morgan fingerprint density at radius 3 is 1.30 bits per heavy atom. The van der Waals surface area contributed by atoms with Crippen LogP contribution in [-0.2, 0) is 0 Å². The van der Waals surface area contributed by atoms with E-state index in [4.69, 9.17) is 22.9 Å². The topological polar surface area (TPSA) is 104 Å². The first kappa shape index (κ1) is 8.06. The lowest BCUT2D eigenvalue weighted by molar-refractivity contribution is 1.32. The molecular weight excluding hydrogens is 128 g/mol. The van der Waals surface area contributed by atoms with Gasteiger partial charge in [0.25, 0.3) is 0 Å². The highest BCUT2D eigenvalue weighted by Crippen LogP contribution is 1.84. The quantitative estimate of drug-likeness (QED) is 0.227. The van der Waals surface area contributed by atoms with Crippen molar-refractivity contribution in [3.8, 4) is 23.9 Å². The lowest BCUT2D eigenvalue weighted by Gasteiger charge is -1.89. The fourth-order valence-corrected chi connectivity index (χ4v) is 0.290. The van der Waals surface area contributed by atoms with Crippen LogP contribution in [0.2, 0.25) is 0 Å². The number of allylic oxidation sites excluding steroid dienone is 2. The highest BCUT2D eigenvalue weighted by atomic mass is 14.7. The van der Waals surface area contributed by atoms with Gasteiger partial charge < -0.3 is 22.9 Å². The third-order valence-corrected chi connectivity index (χ3v) is 0.704. The van der Waals surface area contributed by atoms with E-state index in [0.717, 1.165) is 0 Å². The normalized spacial score (nSPS) is 9.60. The van der Waals surface area contributed by atoms with Crippen LogP contribution < -0.4 is 22.9 Å². The minimum Gasteiger partial charge on any atom is -0.390 e. The summed E-state index contributed by atoms with van der Waals surface area (Å²) in [6, 6.07) is 4.17. The average Bonchev–Trinajstić information content (AvgIpc) is 1.89. The summed E-state index contributed by atoms with van der Waals surface area (Å²) in [6.07, 6.45) is 0. The SMILES string of the molecule is NC#C/C(N)=C(/N)C#CN. The summed E-state index contributed by atoms with van der Waals surface area (Å²) in [5.41, 5.74) is 20.5. The Bertz CT molecular complexity index is 227. The summed E-state index contributed by atoms with van der Waals surface area (Å²) >= 11 is 0. The van der Waals surface area contributed by atoms with Gasteiger partial charge in [0.15, 0.2) is 0 Å². The van der Waals surface area contributed by atoms with E-state index >= 15 is 0 Å². The minimum atomic E-state index is 0.139. The zero-order valence-corrected chi connectivity index (χ0v) is 5.31. The van der Waals surface area contributed by atoms with Gasteiger partial charge in [0.05, 0.1) is 0 Å². The average molecular weight is 136 g/mol. The second-order valence-corrected chi connectivity index (χ2v) is 1.37. The standard InChI is InChI=1S/C6H8N4/c7-3-1-5(9)6(10)2-4-8/h7-10H2/b6-5-. The first-order chi connectivity index (χ1) is 4.72. The minimum absolute atomic E-state index is 0.139. The zero-order chi connectivity index (χ0) is 7.98. The van der Waals surface area contributed by atoms with Crippen LogP contribution in [0.25, 0.3) is 0 Å². The molecule has 0 radical (unpaired) electrons. The zero-order valence-electron chi connectivity index (χ0n) is 5.31. The highest BCUT2D eigenvalue weighted by molar-refractivity contribution is 5.38. The van der Waals surface area contributed by atoms with E-state index in [1.807, 2.05) is 0 Å². The van der Waals surface area contributed by atoms with Gasteiger partial charge in [0, 0.05) is 12.1 Å². The number of rotatable bonds is 0. The van der Waals surface area contributed by atoms with E-state index in [0.29, 0.717) is 0 Å². The van der Waals surface area contributed by atoms with Crippen molar-refractivity contribution in [2.75, 3.05) is 0 Å². The van der Waals surface area contributed by atoms with Crippen molar-refractivity contribution in [3.05, 3.63) is 11.4 Å². The van der Waals surface area contributed by atoms with Crippen LogP contribution in [0.5, 0.6) is 0 Å². The van der Waals surface area contributed by atoms with Crippen molar-refractivity contribution in [1.82, 2.24) is 0 Å². The summed E-state index contributed by atoms with van der Waals surface area (Å²) in [7, 11) is 0. The summed E-state index contributed by atoms with van der Waals surface area (Å²) in [5.74, 6) is 4.66. The van der Waals surface area contributed by atoms with Crippen molar-refractivity contribution in [2.24, 2.45) is 22.9 Å². The van der Waals surface area contributed by atoms with E-state index < -0.39 is 0 Å². The summed E-state index contributed by atoms with van der Waals surface area (Å²) in [5, 5.41) is 0. The number of hydrogen-bond acceptors (Lipinski definition) is 4. The molecule has 0 rings (SSSR count). The van der Waals surface area contributed by atoms with E-state index in [9.17, 15) is 0 Å². The van der Waals surface area contributed by atoms with Crippen molar-refractivity contribution < 1.29 is 0 Å². The van der Waals surface area contributed by atoms with Crippen LogP contribution in [0, 0.1) is 23.9 Å². The molecule has 0 amide bonds. The molecule has 0 heterocycles. The first-order valence-electron chi connectivity index (χ1n) is 2.40. The Hall–Kier alpha value is -1.94. The number of nitrogens with two attached hydrogens (primary N) is 4. The fourth-order valence-electron chi connectivity index (χ4n) is 0.290. The third-order valence-electron chi connectivity index (χ3n) is 0.704. The largest absolute Gasteiger partial charge is 0.390 e. The monoisotopic (exact) mass is 136 g/mol. The van der Waals surface area contributed by atoms with Gasteiger partial charge in [-0.3, -0.25) is 0 Å². The van der Waals surface area contributed by atoms with E-state index in [2.05, 4.69) is 23.9 Å². The van der Waals surface area contributed by atoms with Crippen molar-refractivity contribution in [2.45, 2.75) is 0 Å². The molecule has 52 valence electrons. The van der Waals surface area contributed by atoms with Gasteiger partial charge in [0.2, 0.25) is 0 Å². The Morgan fingerprint density at radius 2 is 1.10 bits per heavy atom. The predicted molar refractivity (Wildman–Crippen MR) is 39.3 cm³/mol. The maximum absolute atomic E-state index is 5.26. The van der Waals surface area contributed by atoms with Gasteiger partial charge in [-0.25, -0.2) is 0 Å². The lowest BCUT2D eigenvalue weighted by Crippen LogP contribution is -2.07. The molecule has 0 aromatic heterocycles. The molecule has 0 saturated heterocycles. The molecule has 0 bridgehead atoms. The summed E-state index contributed by atoms with van der Waals surface area (Å²) in [6.45, 7) is 0. The van der Waals surface area contributed by atoms with Gasteiger partial charge in [-0.2, -0.15) is 0 Å². The van der Waals surface area contributed by atoms with Crippen molar-refractivity contribution in [1.29, 1.82) is 0 Å². The molecule has 0 aliphatic heterocycles. The van der Waals surface area contributed by atoms with Crippen LogP contribution in [0.4, 0.5) is 0 Å². The molecule has 10 heavy (non-hydrogen) atoms. The van der Waals surface area contributed by atoms with Crippen molar-refractivity contribution in [3.63, 3.8) is 0 Å². The van der Waals surface area contributed by atoms with Crippen molar-refractivity contribution >= 4 is 0 Å². The molecule has 0 fully saturated rings. The molecular formula is C6H8N4. The van der Waals surface area contributed by atoms with Gasteiger partial charge in [-0.15, -0.1) is 0 Å². The molecule has 0 aromatic rings. The Labute approximate surface area is 59.2 Å². The highest BCUT2D eigenvalue weighted by Gasteiger charge is 1.87. The molecule has 8 N–H and O–H groups in total. The second kappa shape index (κ2) is 3.99. The maximum atomic E-state index is 5.26. The van der Waals surface area contributed by atoms with Gasteiger partial charge >= 0.3 is 0 Å². The van der Waals surface area contributed by atoms with Crippen LogP contribution in [-0.4, -0.2) is 0 Å². The lowest BCUT2D eigenvalue weighted by atomic mass is 10.3. The molecule has 0 aromatic carbocycles. The van der Waals surface area contributed by atoms with E-state index in [-0.39, 0.29) is 11.4 Å². The maximum Gasteiger partial charge on any atom is 0.117 e. The molecule has 0 aliphatic carbocycles.